The van der Waals surface area contributed by atoms with Gasteiger partial charge in [-0.1, -0.05) is 42.5 Å². The summed E-state index contributed by atoms with van der Waals surface area (Å²) >= 11 is 5.19. The molecular formula is C15H21N3OS. The lowest BCUT2D eigenvalue weighted by Gasteiger charge is -2.40. The van der Waals surface area contributed by atoms with Crippen LogP contribution in [-0.4, -0.2) is 41.5 Å². The monoisotopic (exact) mass is 291 g/mol. The van der Waals surface area contributed by atoms with Crippen LogP contribution in [0.3, 0.4) is 0 Å². The van der Waals surface area contributed by atoms with Crippen LogP contribution in [-0.2, 0) is 11.2 Å². The molecule has 1 aliphatic heterocycles. The zero-order valence-electron chi connectivity index (χ0n) is 11.8. The van der Waals surface area contributed by atoms with Crippen molar-refractivity contribution in [1.29, 1.82) is 0 Å². The van der Waals surface area contributed by atoms with Gasteiger partial charge in [-0.2, -0.15) is 0 Å². The Labute approximate surface area is 125 Å². The van der Waals surface area contributed by atoms with E-state index in [1.165, 1.54) is 0 Å². The normalized spacial score (nSPS) is 18.4. The zero-order valence-corrected chi connectivity index (χ0v) is 12.6. The summed E-state index contributed by atoms with van der Waals surface area (Å²) in [6, 6.07) is 9.70. The molecular weight excluding hydrogens is 270 g/mol. The van der Waals surface area contributed by atoms with Gasteiger partial charge in [-0.3, -0.25) is 4.79 Å². The van der Waals surface area contributed by atoms with Crippen molar-refractivity contribution in [3.05, 3.63) is 35.9 Å². The third kappa shape index (κ3) is 3.55. The summed E-state index contributed by atoms with van der Waals surface area (Å²) in [7, 11) is 2.06. The largest absolute Gasteiger partial charge is 0.391 e. The second-order valence-corrected chi connectivity index (χ2v) is 5.90. The fourth-order valence-electron chi connectivity index (χ4n) is 2.53. The Hall–Kier alpha value is -1.46. The molecule has 0 radical (unpaired) electrons. The van der Waals surface area contributed by atoms with Crippen molar-refractivity contribution in [3.63, 3.8) is 0 Å². The number of nitrogens with zero attached hydrogens (tertiary/aromatic N) is 1. The molecule has 1 amide bonds. The van der Waals surface area contributed by atoms with Crippen LogP contribution >= 0.6 is 12.2 Å². The van der Waals surface area contributed by atoms with E-state index in [9.17, 15) is 4.79 Å². The first-order valence-electron chi connectivity index (χ1n) is 6.85. The Morgan fingerprint density at radius 1 is 1.35 bits per heavy atom. The first-order chi connectivity index (χ1) is 9.52. The predicted molar refractivity (Wildman–Crippen MR) is 84.5 cm³/mol. The van der Waals surface area contributed by atoms with Crippen LogP contribution in [0.2, 0.25) is 0 Å². The molecule has 0 aromatic heterocycles. The topological polar surface area (TPSA) is 58.4 Å². The first kappa shape index (κ1) is 14.9. The summed E-state index contributed by atoms with van der Waals surface area (Å²) in [6.07, 6.45) is 1.92. The van der Waals surface area contributed by atoms with Crippen LogP contribution < -0.4 is 11.1 Å². The number of carbonyl (C=O) groups is 1. The van der Waals surface area contributed by atoms with Crippen LogP contribution in [0.25, 0.3) is 0 Å². The number of benzene rings is 1. The molecule has 1 aromatic carbocycles. The lowest BCUT2D eigenvalue weighted by Crippen LogP contribution is -2.61. The van der Waals surface area contributed by atoms with Crippen LogP contribution in [0.5, 0.6) is 0 Å². The minimum Gasteiger partial charge on any atom is -0.391 e. The molecule has 108 valence electrons. The van der Waals surface area contributed by atoms with E-state index in [4.69, 9.17) is 18.0 Å². The van der Waals surface area contributed by atoms with Gasteiger partial charge in [0, 0.05) is 13.1 Å². The highest BCUT2D eigenvalue weighted by Crippen LogP contribution is 2.22. The fourth-order valence-corrected chi connectivity index (χ4v) is 2.78. The van der Waals surface area contributed by atoms with Gasteiger partial charge in [-0.25, -0.2) is 0 Å². The second kappa shape index (κ2) is 6.33. The second-order valence-electron chi connectivity index (χ2n) is 5.46. The summed E-state index contributed by atoms with van der Waals surface area (Å²) in [5, 5.41) is 3.07. The number of piperidine rings is 1. The van der Waals surface area contributed by atoms with Crippen molar-refractivity contribution in [2.45, 2.75) is 24.8 Å². The number of nitrogens with two attached hydrogens (primary N) is 1. The van der Waals surface area contributed by atoms with Gasteiger partial charge in [0.25, 0.3) is 0 Å². The fraction of sp³-hybridized carbons (Fsp3) is 0.467. The molecule has 0 spiro atoms. The van der Waals surface area contributed by atoms with Crippen molar-refractivity contribution >= 4 is 23.1 Å². The van der Waals surface area contributed by atoms with Gasteiger partial charge >= 0.3 is 0 Å². The molecule has 4 nitrogen and oxygen atoms in total. The molecule has 1 fully saturated rings. The standard InChI is InChI=1S/C15H21N3OS/c1-18-9-7-15(8-10-18,14(16)20)17-13(19)11-12-5-3-2-4-6-12/h2-6H,7-11H2,1H3,(H2,16,20)(H,17,19). The van der Waals surface area contributed by atoms with Crippen molar-refractivity contribution in [3.8, 4) is 0 Å². The summed E-state index contributed by atoms with van der Waals surface area (Å²) in [5.74, 6) is -0.0199. The third-order valence-corrected chi connectivity index (χ3v) is 4.29. The third-order valence-electron chi connectivity index (χ3n) is 3.90. The van der Waals surface area contributed by atoms with Crippen molar-refractivity contribution in [2.75, 3.05) is 20.1 Å². The Balaban J connectivity index is 2.02. The SMILES string of the molecule is CN1CCC(NC(=O)Cc2ccccc2)(C(N)=S)CC1. The van der Waals surface area contributed by atoms with E-state index in [1.54, 1.807) is 0 Å². The molecule has 0 saturated carbocycles. The van der Waals surface area contributed by atoms with Gasteiger partial charge in [0.05, 0.1) is 16.9 Å². The molecule has 2 rings (SSSR count). The maximum atomic E-state index is 12.2. The number of amides is 1. The number of carbonyl (C=O) groups excluding carboxylic acids is 1. The number of thiocarbonyl (C=S) groups is 1. The van der Waals surface area contributed by atoms with Crippen molar-refractivity contribution < 1.29 is 4.79 Å². The molecule has 20 heavy (non-hydrogen) atoms. The molecule has 1 aromatic rings. The van der Waals surface area contributed by atoms with Crippen LogP contribution in [0.15, 0.2) is 30.3 Å². The molecule has 3 N–H and O–H groups in total. The molecule has 1 saturated heterocycles. The molecule has 0 aliphatic carbocycles. The van der Waals surface area contributed by atoms with E-state index in [-0.39, 0.29) is 5.91 Å². The Bertz CT molecular complexity index is 481. The highest BCUT2D eigenvalue weighted by molar-refractivity contribution is 7.80. The first-order valence-corrected chi connectivity index (χ1v) is 7.26. The zero-order chi connectivity index (χ0) is 14.6. The van der Waals surface area contributed by atoms with Crippen molar-refractivity contribution in [1.82, 2.24) is 10.2 Å². The van der Waals surface area contributed by atoms with E-state index in [0.717, 1.165) is 31.5 Å². The number of hydrogen-bond donors (Lipinski definition) is 2. The maximum absolute atomic E-state index is 12.2. The van der Waals surface area contributed by atoms with E-state index in [0.29, 0.717) is 11.4 Å². The van der Waals surface area contributed by atoms with E-state index in [1.807, 2.05) is 30.3 Å². The van der Waals surface area contributed by atoms with Gasteiger partial charge in [-0.15, -0.1) is 0 Å². The van der Waals surface area contributed by atoms with Gasteiger partial charge < -0.3 is 16.0 Å². The quantitative estimate of drug-likeness (QED) is 0.816. The maximum Gasteiger partial charge on any atom is 0.225 e. The minimum absolute atomic E-state index is 0.0199. The average Bonchev–Trinajstić information content (AvgIpc) is 2.42. The van der Waals surface area contributed by atoms with Gasteiger partial charge in [-0.05, 0) is 25.5 Å². The van der Waals surface area contributed by atoms with Crippen molar-refractivity contribution in [2.24, 2.45) is 5.73 Å². The molecule has 1 aliphatic rings. The molecule has 1 heterocycles. The van der Waals surface area contributed by atoms with Crippen LogP contribution in [0.1, 0.15) is 18.4 Å². The highest BCUT2D eigenvalue weighted by Gasteiger charge is 2.37. The van der Waals surface area contributed by atoms with Crippen LogP contribution in [0.4, 0.5) is 0 Å². The van der Waals surface area contributed by atoms with E-state index in [2.05, 4.69) is 17.3 Å². The Morgan fingerprint density at radius 2 is 1.95 bits per heavy atom. The molecule has 0 atom stereocenters. The Morgan fingerprint density at radius 3 is 2.50 bits per heavy atom. The van der Waals surface area contributed by atoms with Crippen LogP contribution in [0, 0.1) is 0 Å². The average molecular weight is 291 g/mol. The Kier molecular flexibility index (Phi) is 4.73. The lowest BCUT2D eigenvalue weighted by molar-refractivity contribution is -0.122. The smallest absolute Gasteiger partial charge is 0.225 e. The molecule has 5 heteroatoms. The number of nitrogens with one attached hydrogen (secondary N) is 1. The highest BCUT2D eigenvalue weighted by atomic mass is 32.1. The van der Waals surface area contributed by atoms with Gasteiger partial charge in [0.1, 0.15) is 0 Å². The number of hydrogen-bond acceptors (Lipinski definition) is 3. The summed E-state index contributed by atoms with van der Waals surface area (Å²) in [6.45, 7) is 1.78. The van der Waals surface area contributed by atoms with Gasteiger partial charge in [0.2, 0.25) is 5.91 Å². The summed E-state index contributed by atoms with van der Waals surface area (Å²) < 4.78 is 0. The number of likely N-dealkylation sites (tertiary alicyclic amines) is 1. The lowest BCUT2D eigenvalue weighted by atomic mass is 9.87. The molecule has 0 bridgehead atoms. The summed E-state index contributed by atoms with van der Waals surface area (Å²) in [4.78, 5) is 14.8. The summed E-state index contributed by atoms with van der Waals surface area (Å²) in [5.41, 5.74) is 6.36. The van der Waals surface area contributed by atoms with E-state index < -0.39 is 5.54 Å². The number of rotatable bonds is 4. The molecule has 0 unspecified atom stereocenters. The predicted octanol–water partition coefficient (Wildman–Crippen LogP) is 1.10. The van der Waals surface area contributed by atoms with E-state index >= 15 is 0 Å². The van der Waals surface area contributed by atoms with Gasteiger partial charge in [0.15, 0.2) is 0 Å². The minimum atomic E-state index is -0.520.